The minimum atomic E-state index is -1.28. The molecule has 0 aliphatic carbocycles. The highest BCUT2D eigenvalue weighted by Gasteiger charge is 2.22. The lowest BCUT2D eigenvalue weighted by atomic mass is 10.2. The van der Waals surface area contributed by atoms with Gasteiger partial charge in [0.2, 0.25) is 5.91 Å². The van der Waals surface area contributed by atoms with Crippen LogP contribution in [-0.2, 0) is 20.9 Å². The molecule has 1 aromatic carbocycles. The molecule has 1 aromatic rings. The molecule has 1 atom stereocenters. The number of hydrogen-bond donors (Lipinski definition) is 2. The van der Waals surface area contributed by atoms with Gasteiger partial charge in [-0.3, -0.25) is 4.79 Å². The van der Waals surface area contributed by atoms with Gasteiger partial charge >= 0.3 is 5.97 Å². The van der Waals surface area contributed by atoms with Crippen molar-refractivity contribution >= 4 is 27.8 Å². The van der Waals surface area contributed by atoms with Gasteiger partial charge in [-0.25, -0.2) is 4.79 Å². The standard InChI is InChI=1S/C12H15BrN2O3/c1-2-18-12(17)10(14)11(16)15-7-8-3-5-9(13)6-4-8/h3-6,10H,2,7,14H2,1H3,(H,15,16). The molecule has 3 N–H and O–H groups in total. The molecule has 1 rings (SSSR count). The molecule has 0 saturated heterocycles. The molecule has 1 amide bonds. The van der Waals surface area contributed by atoms with Crippen LogP contribution in [0.2, 0.25) is 0 Å². The highest BCUT2D eigenvalue weighted by atomic mass is 79.9. The predicted octanol–water partition coefficient (Wildman–Crippen LogP) is 0.956. The first-order valence-electron chi connectivity index (χ1n) is 5.49. The fraction of sp³-hybridized carbons (Fsp3) is 0.333. The van der Waals surface area contributed by atoms with Gasteiger partial charge in [0.25, 0.3) is 0 Å². The van der Waals surface area contributed by atoms with Gasteiger partial charge in [0, 0.05) is 11.0 Å². The average Bonchev–Trinajstić information content (AvgIpc) is 2.37. The van der Waals surface area contributed by atoms with E-state index in [-0.39, 0.29) is 6.61 Å². The number of nitrogens with one attached hydrogen (secondary N) is 1. The average molecular weight is 315 g/mol. The van der Waals surface area contributed by atoms with E-state index >= 15 is 0 Å². The molecule has 98 valence electrons. The second kappa shape index (κ2) is 7.13. The summed E-state index contributed by atoms with van der Waals surface area (Å²) in [5.74, 6) is -1.26. The van der Waals surface area contributed by atoms with E-state index in [1.807, 2.05) is 24.3 Å². The van der Waals surface area contributed by atoms with Crippen molar-refractivity contribution in [2.75, 3.05) is 6.61 Å². The molecule has 0 spiro atoms. The number of ether oxygens (including phenoxy) is 1. The van der Waals surface area contributed by atoms with Crippen LogP contribution in [0.3, 0.4) is 0 Å². The van der Waals surface area contributed by atoms with E-state index in [1.54, 1.807) is 6.92 Å². The summed E-state index contributed by atoms with van der Waals surface area (Å²) in [7, 11) is 0. The van der Waals surface area contributed by atoms with E-state index in [4.69, 9.17) is 5.73 Å². The van der Waals surface area contributed by atoms with Crippen molar-refractivity contribution < 1.29 is 14.3 Å². The van der Waals surface area contributed by atoms with Crippen molar-refractivity contribution in [3.63, 3.8) is 0 Å². The van der Waals surface area contributed by atoms with E-state index in [2.05, 4.69) is 26.0 Å². The molecule has 0 aliphatic heterocycles. The van der Waals surface area contributed by atoms with Crippen molar-refractivity contribution in [2.24, 2.45) is 5.73 Å². The van der Waals surface area contributed by atoms with Crippen molar-refractivity contribution in [1.82, 2.24) is 5.32 Å². The summed E-state index contributed by atoms with van der Waals surface area (Å²) in [6, 6.07) is 6.18. The molecule has 0 fully saturated rings. The van der Waals surface area contributed by atoms with Crippen LogP contribution in [0.5, 0.6) is 0 Å². The van der Waals surface area contributed by atoms with E-state index in [1.165, 1.54) is 0 Å². The van der Waals surface area contributed by atoms with E-state index in [9.17, 15) is 9.59 Å². The third-order valence-electron chi connectivity index (χ3n) is 2.20. The van der Waals surface area contributed by atoms with Gasteiger partial charge in [0.05, 0.1) is 6.61 Å². The van der Waals surface area contributed by atoms with E-state index in [0.717, 1.165) is 10.0 Å². The van der Waals surface area contributed by atoms with Crippen LogP contribution in [0.15, 0.2) is 28.7 Å². The zero-order valence-electron chi connectivity index (χ0n) is 9.98. The molecule has 6 heteroatoms. The first kappa shape index (κ1) is 14.7. The van der Waals surface area contributed by atoms with Gasteiger partial charge in [-0.2, -0.15) is 0 Å². The Kier molecular flexibility index (Phi) is 5.80. The number of nitrogens with two attached hydrogens (primary N) is 1. The largest absolute Gasteiger partial charge is 0.464 e. The molecule has 18 heavy (non-hydrogen) atoms. The molecular weight excluding hydrogens is 300 g/mol. The number of esters is 1. The number of benzene rings is 1. The minimum absolute atomic E-state index is 0.201. The summed E-state index contributed by atoms with van der Waals surface area (Å²) in [6.07, 6.45) is 0. The van der Waals surface area contributed by atoms with Crippen LogP contribution in [0.4, 0.5) is 0 Å². The molecular formula is C12H15BrN2O3. The number of amides is 1. The highest BCUT2D eigenvalue weighted by molar-refractivity contribution is 9.10. The Bertz CT molecular complexity index is 420. The van der Waals surface area contributed by atoms with Gasteiger partial charge in [-0.1, -0.05) is 28.1 Å². The number of rotatable bonds is 5. The maximum absolute atomic E-state index is 11.6. The molecule has 0 saturated carbocycles. The lowest BCUT2D eigenvalue weighted by Gasteiger charge is -2.11. The van der Waals surface area contributed by atoms with Crippen LogP contribution in [0, 0.1) is 0 Å². The Morgan fingerprint density at radius 2 is 2.00 bits per heavy atom. The molecule has 0 aromatic heterocycles. The zero-order chi connectivity index (χ0) is 13.5. The third kappa shape index (κ3) is 4.46. The van der Waals surface area contributed by atoms with Gasteiger partial charge in [-0.15, -0.1) is 0 Å². The maximum atomic E-state index is 11.6. The summed E-state index contributed by atoms with van der Waals surface area (Å²) in [4.78, 5) is 22.8. The monoisotopic (exact) mass is 314 g/mol. The van der Waals surface area contributed by atoms with Crippen LogP contribution >= 0.6 is 15.9 Å². The Morgan fingerprint density at radius 3 is 2.56 bits per heavy atom. The number of carbonyl (C=O) groups excluding carboxylic acids is 2. The van der Waals surface area contributed by atoms with E-state index < -0.39 is 17.9 Å². The smallest absolute Gasteiger partial charge is 0.332 e. The maximum Gasteiger partial charge on any atom is 0.332 e. The summed E-state index contributed by atoms with van der Waals surface area (Å²) in [5.41, 5.74) is 6.36. The molecule has 0 radical (unpaired) electrons. The quantitative estimate of drug-likeness (QED) is 0.626. The van der Waals surface area contributed by atoms with Gasteiger partial charge in [0.1, 0.15) is 0 Å². The number of hydrogen-bond acceptors (Lipinski definition) is 4. The number of carbonyl (C=O) groups is 2. The summed E-state index contributed by atoms with van der Waals surface area (Å²) < 4.78 is 5.62. The SMILES string of the molecule is CCOC(=O)C(N)C(=O)NCc1ccc(Br)cc1. The first-order chi connectivity index (χ1) is 8.54. The minimum Gasteiger partial charge on any atom is -0.464 e. The molecule has 0 heterocycles. The Balaban J connectivity index is 2.45. The predicted molar refractivity (Wildman–Crippen MR) is 70.6 cm³/mol. The fourth-order valence-corrected chi connectivity index (χ4v) is 1.50. The molecule has 1 unspecified atom stereocenters. The Labute approximate surface area is 114 Å². The lowest BCUT2D eigenvalue weighted by molar-refractivity contribution is -0.148. The normalized spacial score (nSPS) is 11.7. The lowest BCUT2D eigenvalue weighted by Crippen LogP contribution is -2.46. The molecule has 0 bridgehead atoms. The van der Waals surface area contributed by atoms with Gasteiger partial charge in [0.15, 0.2) is 6.04 Å². The van der Waals surface area contributed by atoms with Crippen LogP contribution in [0.25, 0.3) is 0 Å². The second-order valence-corrected chi connectivity index (χ2v) is 4.49. The first-order valence-corrected chi connectivity index (χ1v) is 6.28. The third-order valence-corrected chi connectivity index (χ3v) is 2.73. The van der Waals surface area contributed by atoms with Gasteiger partial charge in [-0.05, 0) is 24.6 Å². The summed E-state index contributed by atoms with van der Waals surface area (Å²) in [6.45, 7) is 2.18. The Morgan fingerprint density at radius 1 is 1.39 bits per heavy atom. The van der Waals surface area contributed by atoms with Crippen LogP contribution in [-0.4, -0.2) is 24.5 Å². The van der Waals surface area contributed by atoms with Crippen LogP contribution < -0.4 is 11.1 Å². The molecule has 5 nitrogen and oxygen atoms in total. The highest BCUT2D eigenvalue weighted by Crippen LogP contribution is 2.10. The zero-order valence-corrected chi connectivity index (χ0v) is 11.6. The molecule has 0 aliphatic rings. The topological polar surface area (TPSA) is 81.4 Å². The van der Waals surface area contributed by atoms with E-state index in [0.29, 0.717) is 6.54 Å². The van der Waals surface area contributed by atoms with Crippen molar-refractivity contribution in [1.29, 1.82) is 0 Å². The van der Waals surface area contributed by atoms with Crippen LogP contribution in [0.1, 0.15) is 12.5 Å². The number of halogens is 1. The summed E-state index contributed by atoms with van der Waals surface area (Å²) >= 11 is 3.32. The second-order valence-electron chi connectivity index (χ2n) is 3.57. The van der Waals surface area contributed by atoms with Crippen molar-refractivity contribution in [2.45, 2.75) is 19.5 Å². The Hall–Kier alpha value is -1.40. The van der Waals surface area contributed by atoms with Crippen molar-refractivity contribution in [3.8, 4) is 0 Å². The van der Waals surface area contributed by atoms with Crippen molar-refractivity contribution in [3.05, 3.63) is 34.3 Å². The summed E-state index contributed by atoms with van der Waals surface area (Å²) in [5, 5.41) is 2.58. The fourth-order valence-electron chi connectivity index (χ4n) is 1.24. The van der Waals surface area contributed by atoms with Gasteiger partial charge < -0.3 is 15.8 Å².